The minimum absolute atomic E-state index is 0.776. The molecule has 0 saturated heterocycles. The van der Waals surface area contributed by atoms with Gasteiger partial charge < -0.3 is 0 Å². The minimum Gasteiger partial charge on any atom is -0.0837 e. The van der Waals surface area contributed by atoms with Gasteiger partial charge >= 0.3 is 0 Å². The Bertz CT molecular complexity index is 243. The van der Waals surface area contributed by atoms with Crippen molar-refractivity contribution in [3.05, 3.63) is 39.8 Å². The van der Waals surface area contributed by atoms with Crippen LogP contribution in [0.4, 0.5) is 0 Å². The van der Waals surface area contributed by atoms with Crippen LogP contribution in [0, 0.1) is 0 Å². The summed E-state index contributed by atoms with van der Waals surface area (Å²) in [4.78, 5) is 1.79. The molecule has 1 rings (SSSR count). The van der Waals surface area contributed by atoms with Gasteiger partial charge in [0.05, 0.1) is 0 Å². The highest BCUT2D eigenvalue weighted by molar-refractivity contribution is 9.11. The highest BCUT2D eigenvalue weighted by Gasteiger charge is 1.90. The number of halogens is 2. The molecular formula is C8H6BrCl. The molecule has 10 heavy (non-hydrogen) atoms. The van der Waals surface area contributed by atoms with Gasteiger partial charge in [0.1, 0.15) is 0 Å². The van der Waals surface area contributed by atoms with Crippen molar-refractivity contribution in [3.63, 3.8) is 0 Å². The van der Waals surface area contributed by atoms with E-state index in [4.69, 9.17) is 11.6 Å². The van der Waals surface area contributed by atoms with Gasteiger partial charge in [-0.2, -0.15) is 0 Å². The Morgan fingerprint density at radius 1 is 1.30 bits per heavy atom. The molecule has 0 spiro atoms. The van der Waals surface area contributed by atoms with Crippen molar-refractivity contribution in [1.29, 1.82) is 0 Å². The van der Waals surface area contributed by atoms with Gasteiger partial charge in [-0.15, -0.1) is 0 Å². The first-order valence-corrected chi connectivity index (χ1v) is 4.15. The summed E-state index contributed by atoms with van der Waals surface area (Å²) in [6.45, 7) is 0. The lowest BCUT2D eigenvalue weighted by molar-refractivity contribution is 1.66. The molecule has 0 nitrogen and oxygen atoms in total. The Morgan fingerprint density at radius 3 is 2.60 bits per heavy atom. The molecule has 0 N–H and O–H groups in total. The maximum absolute atomic E-state index is 5.83. The lowest BCUT2D eigenvalue weighted by Gasteiger charge is -1.93. The molecule has 0 bridgehead atoms. The van der Waals surface area contributed by atoms with Crippen molar-refractivity contribution in [2.75, 3.05) is 0 Å². The zero-order valence-corrected chi connectivity index (χ0v) is 7.56. The van der Waals surface area contributed by atoms with Crippen LogP contribution in [0.5, 0.6) is 0 Å². The number of rotatable bonds is 1. The van der Waals surface area contributed by atoms with E-state index in [1.165, 1.54) is 0 Å². The summed E-state index contributed by atoms with van der Waals surface area (Å²) in [7, 11) is 0. The maximum atomic E-state index is 5.83. The second-order valence-corrected chi connectivity index (χ2v) is 2.75. The Hall–Kier alpha value is -0.270. The lowest BCUT2D eigenvalue weighted by Crippen LogP contribution is -1.70. The van der Waals surface area contributed by atoms with E-state index in [1.54, 1.807) is 4.99 Å². The van der Waals surface area contributed by atoms with Crippen LogP contribution in [0.1, 0.15) is 5.56 Å². The van der Waals surface area contributed by atoms with Crippen LogP contribution in [0.3, 0.4) is 0 Å². The summed E-state index contributed by atoms with van der Waals surface area (Å²) in [5, 5.41) is 0.776. The molecule has 0 radical (unpaired) electrons. The molecule has 0 saturated carbocycles. The molecule has 0 aliphatic rings. The first-order valence-electron chi connectivity index (χ1n) is 2.86. The van der Waals surface area contributed by atoms with E-state index >= 15 is 0 Å². The highest BCUT2D eigenvalue weighted by atomic mass is 79.9. The summed E-state index contributed by atoms with van der Waals surface area (Å²) in [6, 6.07) is 7.69. The third-order valence-corrected chi connectivity index (χ3v) is 1.76. The molecule has 1 aromatic carbocycles. The van der Waals surface area contributed by atoms with Crippen molar-refractivity contribution >= 4 is 33.6 Å². The van der Waals surface area contributed by atoms with Crippen molar-refractivity contribution in [3.8, 4) is 0 Å². The van der Waals surface area contributed by atoms with Crippen molar-refractivity contribution < 1.29 is 0 Å². The van der Waals surface area contributed by atoms with E-state index in [0.717, 1.165) is 10.6 Å². The normalized spacial score (nSPS) is 10.6. The third kappa shape index (κ3) is 1.86. The van der Waals surface area contributed by atoms with Crippen LogP contribution in [0.2, 0.25) is 5.02 Å². The third-order valence-electron chi connectivity index (χ3n) is 1.15. The van der Waals surface area contributed by atoms with Crippen LogP contribution in [-0.2, 0) is 0 Å². The van der Waals surface area contributed by atoms with Gasteiger partial charge in [-0.05, 0) is 22.7 Å². The largest absolute Gasteiger partial charge is 0.0837 e. The van der Waals surface area contributed by atoms with Crippen LogP contribution >= 0.6 is 27.5 Å². The predicted octanol–water partition coefficient (Wildman–Crippen LogP) is 3.71. The SMILES string of the molecule is Clc1ccccc1C=CBr. The fraction of sp³-hybridized carbons (Fsp3) is 0. The first-order chi connectivity index (χ1) is 4.84. The van der Waals surface area contributed by atoms with E-state index in [2.05, 4.69) is 15.9 Å². The topological polar surface area (TPSA) is 0 Å². The molecule has 0 amide bonds. The average molecular weight is 217 g/mol. The van der Waals surface area contributed by atoms with Gasteiger partial charge in [0.25, 0.3) is 0 Å². The quantitative estimate of drug-likeness (QED) is 0.673. The average Bonchev–Trinajstić information content (AvgIpc) is 1.94. The number of hydrogen-bond acceptors (Lipinski definition) is 0. The molecule has 2 heteroatoms. The van der Waals surface area contributed by atoms with Crippen molar-refractivity contribution in [2.45, 2.75) is 0 Å². The van der Waals surface area contributed by atoms with E-state index in [-0.39, 0.29) is 0 Å². The number of benzene rings is 1. The molecule has 0 aromatic heterocycles. The van der Waals surface area contributed by atoms with Crippen LogP contribution in [-0.4, -0.2) is 0 Å². The van der Waals surface area contributed by atoms with Gasteiger partial charge in [0.2, 0.25) is 0 Å². The van der Waals surface area contributed by atoms with E-state index in [0.29, 0.717) is 0 Å². The van der Waals surface area contributed by atoms with E-state index < -0.39 is 0 Å². The summed E-state index contributed by atoms with van der Waals surface area (Å²) in [6.07, 6.45) is 1.91. The van der Waals surface area contributed by atoms with Gasteiger partial charge in [0, 0.05) is 5.02 Å². The summed E-state index contributed by atoms with van der Waals surface area (Å²) in [5.74, 6) is 0. The standard InChI is InChI=1S/C8H6BrCl/c9-6-5-7-3-1-2-4-8(7)10/h1-6H. The molecule has 0 unspecified atom stereocenters. The molecule has 0 fully saturated rings. The summed E-state index contributed by atoms with van der Waals surface area (Å²) in [5.41, 5.74) is 1.03. The van der Waals surface area contributed by atoms with E-state index in [1.807, 2.05) is 30.3 Å². The summed E-state index contributed by atoms with van der Waals surface area (Å²) < 4.78 is 0. The fourth-order valence-electron chi connectivity index (χ4n) is 0.678. The lowest BCUT2D eigenvalue weighted by atomic mass is 10.2. The monoisotopic (exact) mass is 216 g/mol. The van der Waals surface area contributed by atoms with Gasteiger partial charge in [-0.1, -0.05) is 45.7 Å². The minimum atomic E-state index is 0.776. The van der Waals surface area contributed by atoms with Crippen molar-refractivity contribution in [1.82, 2.24) is 0 Å². The van der Waals surface area contributed by atoms with Gasteiger partial charge in [-0.3, -0.25) is 0 Å². The fourth-order valence-corrected chi connectivity index (χ4v) is 1.16. The Labute approximate surface area is 73.6 Å². The molecule has 0 atom stereocenters. The van der Waals surface area contributed by atoms with Gasteiger partial charge in [-0.25, -0.2) is 0 Å². The maximum Gasteiger partial charge on any atom is 0.0478 e. The van der Waals surface area contributed by atoms with E-state index in [9.17, 15) is 0 Å². The second-order valence-electron chi connectivity index (χ2n) is 1.81. The zero-order chi connectivity index (χ0) is 7.40. The smallest absolute Gasteiger partial charge is 0.0478 e. The molecule has 1 aromatic rings. The van der Waals surface area contributed by atoms with Crippen LogP contribution in [0.15, 0.2) is 29.3 Å². The molecule has 52 valence electrons. The molecule has 0 heterocycles. The Balaban J connectivity index is 3.03. The molecular weight excluding hydrogens is 211 g/mol. The Morgan fingerprint density at radius 2 is 2.00 bits per heavy atom. The molecule has 0 aliphatic heterocycles. The second kappa shape index (κ2) is 3.79. The summed E-state index contributed by atoms with van der Waals surface area (Å²) >= 11 is 9.01. The molecule has 0 aliphatic carbocycles. The predicted molar refractivity (Wildman–Crippen MR) is 49.4 cm³/mol. The van der Waals surface area contributed by atoms with Gasteiger partial charge in [0.15, 0.2) is 0 Å². The van der Waals surface area contributed by atoms with Crippen LogP contribution in [0.25, 0.3) is 6.08 Å². The first kappa shape index (κ1) is 7.83. The van der Waals surface area contributed by atoms with Crippen LogP contribution < -0.4 is 0 Å². The number of hydrogen-bond donors (Lipinski definition) is 0. The highest BCUT2D eigenvalue weighted by Crippen LogP contribution is 2.16. The van der Waals surface area contributed by atoms with Crippen molar-refractivity contribution in [2.24, 2.45) is 0 Å². The zero-order valence-electron chi connectivity index (χ0n) is 5.22. The Kier molecular flexibility index (Phi) is 2.97.